The predicted molar refractivity (Wildman–Crippen MR) is 164 cm³/mol. The Morgan fingerprint density at radius 3 is 1.56 bits per heavy atom. The molecule has 7 rings (SSSR count). The summed E-state index contributed by atoms with van der Waals surface area (Å²) in [5, 5.41) is 30.6. The Morgan fingerprint density at radius 2 is 1.17 bits per heavy atom. The average Bonchev–Trinajstić information content (AvgIpc) is 3.76. The largest absolute Gasteiger partial charge is 0.491 e. The minimum absolute atomic E-state index is 0.0423. The molecule has 0 unspecified atom stereocenters. The number of halogens is 8. The zero-order valence-corrected chi connectivity index (χ0v) is 26.3. The van der Waals surface area contributed by atoms with Gasteiger partial charge in [0, 0.05) is 33.4 Å². The second-order valence-electron chi connectivity index (χ2n) is 11.6. The third-order valence-electron chi connectivity index (χ3n) is 8.23. The third-order valence-corrected chi connectivity index (χ3v) is 8.83. The summed E-state index contributed by atoms with van der Waals surface area (Å²) in [6.45, 7) is 2.17. The first-order chi connectivity index (χ1) is 22.5. The van der Waals surface area contributed by atoms with E-state index < -0.39 is 29.7 Å². The molecule has 0 aromatic heterocycles. The number of aliphatic hydroxyl groups is 3. The van der Waals surface area contributed by atoms with Crippen LogP contribution in [0.2, 0.25) is 10.0 Å². The van der Waals surface area contributed by atoms with Crippen LogP contribution >= 0.6 is 23.2 Å². The van der Waals surface area contributed by atoms with Crippen LogP contribution in [0.15, 0.2) is 72.8 Å². The number of rotatable bonds is 6. The standard InChI is InChI=1S/C17H12ClF3O3.C17H14ClF3O3/c18-14-6-9(23-7-10-8-24-10)5-13-15(14)11-3-1-2-4-12(11)16(13,22)17(19,20)21;1-9(22)8-24-10-6-13-15(14(18)7-10)11-4-2-3-5-12(11)16(13,23)17(19,20)21/h1-6,10,22H,7-8H2;2-7,9,22-23H,8H2,1H3/t10-,16+;9-,16-/m01/s1. The maximum Gasteiger partial charge on any atom is 0.425 e. The van der Waals surface area contributed by atoms with E-state index in [0.717, 1.165) is 6.07 Å². The number of alkyl halides is 6. The highest BCUT2D eigenvalue weighted by Gasteiger charge is 2.62. The van der Waals surface area contributed by atoms with E-state index >= 15 is 0 Å². The second kappa shape index (κ2) is 12.1. The van der Waals surface area contributed by atoms with Gasteiger partial charge in [-0.15, -0.1) is 0 Å². The van der Waals surface area contributed by atoms with Crippen LogP contribution in [0.25, 0.3) is 22.3 Å². The van der Waals surface area contributed by atoms with E-state index in [0.29, 0.717) is 6.61 Å². The number of benzene rings is 4. The number of hydrogen-bond donors (Lipinski definition) is 3. The molecule has 3 aliphatic rings. The lowest BCUT2D eigenvalue weighted by molar-refractivity contribution is -0.247. The second-order valence-corrected chi connectivity index (χ2v) is 12.4. The SMILES string of the molecule is C[C@@H](O)COc1cc(Cl)c2c(c1)[C@@](O)(C(F)(F)F)c1ccccc1-2.O[C@]1(C(F)(F)F)c2ccccc2-c2c(Cl)cc(OC[C@H]3CO3)cc21. The molecule has 0 saturated carbocycles. The fraction of sp³-hybridized carbons (Fsp3) is 0.294. The van der Waals surface area contributed by atoms with Gasteiger partial charge in [-0.05, 0) is 42.3 Å². The molecule has 254 valence electrons. The summed E-state index contributed by atoms with van der Waals surface area (Å²) >= 11 is 12.4. The highest BCUT2D eigenvalue weighted by molar-refractivity contribution is 6.34. The maximum absolute atomic E-state index is 13.7. The minimum Gasteiger partial charge on any atom is -0.491 e. The molecule has 0 amide bonds. The molecule has 1 heterocycles. The zero-order chi connectivity index (χ0) is 34.8. The summed E-state index contributed by atoms with van der Waals surface area (Å²) in [5.74, 6) is 0.222. The van der Waals surface area contributed by atoms with E-state index in [4.69, 9.17) is 37.4 Å². The van der Waals surface area contributed by atoms with Crippen molar-refractivity contribution in [3.8, 4) is 33.8 Å². The minimum atomic E-state index is -4.93. The number of hydrogen-bond acceptors (Lipinski definition) is 6. The monoisotopic (exact) mass is 714 g/mol. The topological polar surface area (TPSA) is 91.7 Å². The molecule has 1 saturated heterocycles. The summed E-state index contributed by atoms with van der Waals surface area (Å²) < 4.78 is 98.1. The molecule has 3 N–H and O–H groups in total. The van der Waals surface area contributed by atoms with Crippen molar-refractivity contribution in [2.24, 2.45) is 0 Å². The van der Waals surface area contributed by atoms with E-state index in [1.165, 1.54) is 61.5 Å². The molecule has 4 aromatic rings. The third kappa shape index (κ3) is 5.68. The molecule has 4 aromatic carbocycles. The fourth-order valence-corrected chi connectivity index (χ4v) is 6.58. The van der Waals surface area contributed by atoms with Gasteiger partial charge in [-0.1, -0.05) is 71.7 Å². The van der Waals surface area contributed by atoms with Crippen molar-refractivity contribution in [1.29, 1.82) is 0 Å². The number of epoxide rings is 1. The lowest BCUT2D eigenvalue weighted by Crippen LogP contribution is -2.41. The van der Waals surface area contributed by atoms with Crippen molar-refractivity contribution < 1.29 is 55.9 Å². The molecule has 1 aliphatic heterocycles. The van der Waals surface area contributed by atoms with Gasteiger partial charge in [0.2, 0.25) is 11.2 Å². The molecule has 48 heavy (non-hydrogen) atoms. The van der Waals surface area contributed by atoms with Crippen molar-refractivity contribution in [2.45, 2.75) is 42.7 Å². The van der Waals surface area contributed by atoms with Gasteiger partial charge in [-0.3, -0.25) is 0 Å². The van der Waals surface area contributed by atoms with Crippen LogP contribution in [0.5, 0.6) is 11.5 Å². The van der Waals surface area contributed by atoms with Crippen LogP contribution in [0.3, 0.4) is 0 Å². The van der Waals surface area contributed by atoms with Crippen molar-refractivity contribution in [2.75, 3.05) is 19.8 Å². The summed E-state index contributed by atoms with van der Waals surface area (Å²) in [5.41, 5.74) is -6.61. The first-order valence-corrected chi connectivity index (χ1v) is 15.2. The van der Waals surface area contributed by atoms with Crippen molar-refractivity contribution >= 4 is 23.2 Å². The lowest BCUT2D eigenvalue weighted by Gasteiger charge is -2.28. The van der Waals surface area contributed by atoms with Crippen molar-refractivity contribution in [3.63, 3.8) is 0 Å². The quantitative estimate of drug-likeness (QED) is 0.140. The molecular weight excluding hydrogens is 689 g/mol. The van der Waals surface area contributed by atoms with Gasteiger partial charge in [-0.2, -0.15) is 26.3 Å². The zero-order valence-electron chi connectivity index (χ0n) is 24.8. The van der Waals surface area contributed by atoms with Crippen LogP contribution in [0, 0.1) is 0 Å². The van der Waals surface area contributed by atoms with Crippen molar-refractivity contribution in [3.05, 3.63) is 105 Å². The smallest absolute Gasteiger partial charge is 0.425 e. The van der Waals surface area contributed by atoms with E-state index in [-0.39, 0.29) is 85.4 Å². The fourth-order valence-electron chi connectivity index (χ4n) is 5.95. The first-order valence-electron chi connectivity index (χ1n) is 14.5. The van der Waals surface area contributed by atoms with Gasteiger partial charge in [0.1, 0.15) is 30.8 Å². The van der Waals surface area contributed by atoms with Gasteiger partial charge < -0.3 is 29.5 Å². The average molecular weight is 715 g/mol. The molecule has 14 heteroatoms. The highest BCUT2D eigenvalue weighted by atomic mass is 35.5. The van der Waals surface area contributed by atoms with Crippen molar-refractivity contribution in [1.82, 2.24) is 0 Å². The summed E-state index contributed by atoms with van der Waals surface area (Å²) in [6, 6.07) is 16.7. The Morgan fingerprint density at radius 1 is 0.750 bits per heavy atom. The summed E-state index contributed by atoms with van der Waals surface area (Å²) in [7, 11) is 0. The molecule has 0 radical (unpaired) electrons. The molecule has 0 spiro atoms. The summed E-state index contributed by atoms with van der Waals surface area (Å²) in [4.78, 5) is 0. The van der Waals surface area contributed by atoms with Gasteiger partial charge in [-0.25, -0.2) is 0 Å². The number of aliphatic hydroxyl groups excluding tert-OH is 1. The molecular formula is C34H26Cl2F6O6. The first kappa shape index (κ1) is 34.3. The Labute approximate surface area is 280 Å². The van der Waals surface area contributed by atoms with Crippen LogP contribution in [0.1, 0.15) is 29.2 Å². The van der Waals surface area contributed by atoms with E-state index in [1.54, 1.807) is 12.1 Å². The molecule has 2 aliphatic carbocycles. The van der Waals surface area contributed by atoms with Gasteiger partial charge in [0.05, 0.1) is 22.8 Å². The predicted octanol–water partition coefficient (Wildman–Crippen LogP) is 7.77. The number of ether oxygens (including phenoxy) is 3. The molecule has 4 atom stereocenters. The molecule has 1 fully saturated rings. The normalized spacial score (nSPS) is 22.5. The Hall–Kier alpha value is -3.52. The highest BCUT2D eigenvalue weighted by Crippen LogP contribution is 2.59. The van der Waals surface area contributed by atoms with Gasteiger partial charge in [0.15, 0.2) is 0 Å². The van der Waals surface area contributed by atoms with Crippen LogP contribution in [-0.4, -0.2) is 59.7 Å². The van der Waals surface area contributed by atoms with E-state index in [2.05, 4.69) is 0 Å². The maximum atomic E-state index is 13.7. The molecule has 0 bridgehead atoms. The Balaban J connectivity index is 0.000000167. The Bertz CT molecular complexity index is 1750. The van der Waals surface area contributed by atoms with E-state index in [9.17, 15) is 41.7 Å². The van der Waals surface area contributed by atoms with E-state index in [1.807, 2.05) is 0 Å². The number of fused-ring (bicyclic) bond motifs is 6. The summed E-state index contributed by atoms with van der Waals surface area (Å²) in [6.07, 6.45) is -10.7. The van der Waals surface area contributed by atoms with Crippen LogP contribution < -0.4 is 9.47 Å². The van der Waals surface area contributed by atoms with Gasteiger partial charge >= 0.3 is 12.4 Å². The lowest BCUT2D eigenvalue weighted by atomic mass is 9.90. The Kier molecular flexibility index (Phi) is 8.67. The van der Waals surface area contributed by atoms with Crippen LogP contribution in [0.4, 0.5) is 26.3 Å². The molecule has 6 nitrogen and oxygen atoms in total. The van der Waals surface area contributed by atoms with Gasteiger partial charge in [0.25, 0.3) is 0 Å². The van der Waals surface area contributed by atoms with Crippen LogP contribution in [-0.2, 0) is 15.9 Å².